The monoisotopic (exact) mass is 308 g/mol. The number of nitrogens with one attached hydrogen (secondary N) is 1. The van der Waals surface area contributed by atoms with E-state index in [0.29, 0.717) is 22.4 Å². The molecule has 1 atom stereocenters. The van der Waals surface area contributed by atoms with Crippen LogP contribution in [-0.4, -0.2) is 17.2 Å². The molecule has 5 nitrogen and oxygen atoms in total. The summed E-state index contributed by atoms with van der Waals surface area (Å²) in [5.41, 5.74) is 1.82. The molecule has 0 bridgehead atoms. The molecular weight excluding hydrogens is 292 g/mol. The second-order valence-corrected chi connectivity index (χ2v) is 5.32. The van der Waals surface area contributed by atoms with Gasteiger partial charge in [0, 0.05) is 11.1 Å². The highest BCUT2D eigenvalue weighted by molar-refractivity contribution is 6.32. The van der Waals surface area contributed by atoms with Gasteiger partial charge in [0.25, 0.3) is 5.91 Å². The number of hydrogen-bond donors (Lipinski definition) is 1. The minimum atomic E-state index is -0.665. The molecule has 21 heavy (non-hydrogen) atoms. The summed E-state index contributed by atoms with van der Waals surface area (Å²) < 4.78 is 10.5. The van der Waals surface area contributed by atoms with E-state index in [9.17, 15) is 4.79 Å². The fourth-order valence-electron chi connectivity index (χ4n) is 1.89. The van der Waals surface area contributed by atoms with Gasteiger partial charge in [0.1, 0.15) is 11.5 Å². The lowest BCUT2D eigenvalue weighted by Gasteiger charge is -2.15. The molecule has 2 rings (SSSR count). The van der Waals surface area contributed by atoms with Crippen molar-refractivity contribution < 1.29 is 14.1 Å². The molecule has 0 radical (unpaired) electrons. The maximum atomic E-state index is 12.0. The third-order valence-corrected chi connectivity index (χ3v) is 3.57. The summed E-state index contributed by atoms with van der Waals surface area (Å²) in [6.45, 7) is 7.21. The minimum Gasteiger partial charge on any atom is -0.481 e. The van der Waals surface area contributed by atoms with Gasteiger partial charge in [-0.2, -0.15) is 0 Å². The van der Waals surface area contributed by atoms with Gasteiger partial charge in [0.05, 0.1) is 0 Å². The summed E-state index contributed by atoms with van der Waals surface area (Å²) in [5, 5.41) is 7.04. The summed E-state index contributed by atoms with van der Waals surface area (Å²) in [7, 11) is 0. The Kier molecular flexibility index (Phi) is 4.53. The third kappa shape index (κ3) is 3.76. The Bertz CT molecular complexity index is 644. The topological polar surface area (TPSA) is 64.4 Å². The Morgan fingerprint density at radius 3 is 2.43 bits per heavy atom. The van der Waals surface area contributed by atoms with Crippen molar-refractivity contribution in [3.8, 4) is 5.75 Å². The van der Waals surface area contributed by atoms with Gasteiger partial charge in [-0.15, -0.1) is 0 Å². The standard InChI is InChI=1S/C15H17ClN2O3/c1-8-5-12(6-9(2)14(8)16)20-11(4)15(19)17-13-7-10(3)21-18-13/h5-7,11H,1-4H3,(H,17,18,19)/t11-/m1/s1. The Morgan fingerprint density at radius 2 is 1.90 bits per heavy atom. The first kappa shape index (κ1) is 15.4. The highest BCUT2D eigenvalue weighted by atomic mass is 35.5. The number of ether oxygens (including phenoxy) is 1. The number of benzene rings is 1. The zero-order valence-corrected chi connectivity index (χ0v) is 13.1. The van der Waals surface area contributed by atoms with E-state index in [0.717, 1.165) is 11.1 Å². The van der Waals surface area contributed by atoms with Gasteiger partial charge in [-0.25, -0.2) is 0 Å². The van der Waals surface area contributed by atoms with E-state index in [1.807, 2.05) is 13.8 Å². The number of amides is 1. The molecule has 2 aromatic rings. The molecule has 6 heteroatoms. The Balaban J connectivity index is 2.03. The summed E-state index contributed by atoms with van der Waals surface area (Å²) in [6, 6.07) is 5.25. The van der Waals surface area contributed by atoms with Gasteiger partial charge < -0.3 is 14.6 Å². The Morgan fingerprint density at radius 1 is 1.29 bits per heavy atom. The lowest BCUT2D eigenvalue weighted by atomic mass is 10.1. The largest absolute Gasteiger partial charge is 0.481 e. The fraction of sp³-hybridized carbons (Fsp3) is 0.333. The van der Waals surface area contributed by atoms with Crippen molar-refractivity contribution in [1.82, 2.24) is 5.16 Å². The fourth-order valence-corrected chi connectivity index (χ4v) is 1.99. The number of aromatic nitrogens is 1. The van der Waals surface area contributed by atoms with E-state index in [4.69, 9.17) is 20.9 Å². The van der Waals surface area contributed by atoms with Gasteiger partial charge in [-0.1, -0.05) is 16.8 Å². The molecule has 112 valence electrons. The van der Waals surface area contributed by atoms with Crippen molar-refractivity contribution >= 4 is 23.3 Å². The number of anilines is 1. The van der Waals surface area contributed by atoms with Crippen LogP contribution in [0.5, 0.6) is 5.75 Å². The van der Waals surface area contributed by atoms with Crippen LogP contribution < -0.4 is 10.1 Å². The predicted octanol–water partition coefficient (Wildman–Crippen LogP) is 3.66. The number of nitrogens with zero attached hydrogens (tertiary/aromatic N) is 1. The molecule has 0 spiro atoms. The van der Waals surface area contributed by atoms with Crippen molar-refractivity contribution in [3.05, 3.63) is 40.1 Å². The van der Waals surface area contributed by atoms with Gasteiger partial charge >= 0.3 is 0 Å². The van der Waals surface area contributed by atoms with Crippen LogP contribution in [0.3, 0.4) is 0 Å². The number of halogens is 1. The van der Waals surface area contributed by atoms with Gasteiger partial charge in [-0.05, 0) is 51.0 Å². The summed E-state index contributed by atoms with van der Waals surface area (Å²) in [4.78, 5) is 12.0. The molecule has 0 aliphatic heterocycles. The smallest absolute Gasteiger partial charge is 0.266 e. The summed E-state index contributed by atoms with van der Waals surface area (Å²) in [5.74, 6) is 1.31. The molecule has 1 heterocycles. The molecule has 1 aromatic carbocycles. The molecule has 1 amide bonds. The number of hydrogen-bond acceptors (Lipinski definition) is 4. The average molecular weight is 309 g/mol. The number of rotatable bonds is 4. The highest BCUT2D eigenvalue weighted by Crippen LogP contribution is 2.26. The molecule has 0 saturated carbocycles. The number of aryl methyl sites for hydroxylation is 3. The van der Waals surface area contributed by atoms with Crippen molar-refractivity contribution in [2.24, 2.45) is 0 Å². The van der Waals surface area contributed by atoms with Crippen LogP contribution in [0, 0.1) is 20.8 Å². The first-order chi connectivity index (χ1) is 9.86. The summed E-state index contributed by atoms with van der Waals surface area (Å²) in [6.07, 6.45) is -0.665. The van der Waals surface area contributed by atoms with Crippen LogP contribution in [0.15, 0.2) is 22.7 Å². The van der Waals surface area contributed by atoms with Crippen LogP contribution in [-0.2, 0) is 4.79 Å². The molecule has 0 unspecified atom stereocenters. The Labute approximate surface area is 128 Å². The van der Waals surface area contributed by atoms with Crippen molar-refractivity contribution in [2.45, 2.75) is 33.8 Å². The van der Waals surface area contributed by atoms with E-state index in [1.165, 1.54) is 0 Å². The maximum absolute atomic E-state index is 12.0. The van der Waals surface area contributed by atoms with Crippen molar-refractivity contribution in [2.75, 3.05) is 5.32 Å². The normalized spacial score (nSPS) is 12.0. The second-order valence-electron chi connectivity index (χ2n) is 4.94. The quantitative estimate of drug-likeness (QED) is 0.936. The van der Waals surface area contributed by atoms with Crippen LogP contribution >= 0.6 is 11.6 Å². The molecule has 0 fully saturated rings. The number of carbonyl (C=O) groups excluding carboxylic acids is 1. The number of carbonyl (C=O) groups is 1. The Hall–Kier alpha value is -2.01. The second kappa shape index (κ2) is 6.18. The maximum Gasteiger partial charge on any atom is 0.266 e. The van der Waals surface area contributed by atoms with E-state index in [2.05, 4.69) is 10.5 Å². The lowest BCUT2D eigenvalue weighted by molar-refractivity contribution is -0.122. The highest BCUT2D eigenvalue weighted by Gasteiger charge is 2.17. The van der Waals surface area contributed by atoms with E-state index < -0.39 is 6.10 Å². The molecule has 0 saturated heterocycles. The molecule has 0 aliphatic rings. The minimum absolute atomic E-state index is 0.298. The lowest BCUT2D eigenvalue weighted by Crippen LogP contribution is -2.30. The first-order valence-electron chi connectivity index (χ1n) is 6.54. The van der Waals surface area contributed by atoms with E-state index in [1.54, 1.807) is 32.0 Å². The van der Waals surface area contributed by atoms with Crippen LogP contribution in [0.4, 0.5) is 5.82 Å². The zero-order chi connectivity index (χ0) is 15.6. The SMILES string of the molecule is Cc1cc(NC(=O)[C@@H](C)Oc2cc(C)c(Cl)c(C)c2)no1. The van der Waals surface area contributed by atoms with Gasteiger partial charge in [0.2, 0.25) is 0 Å². The predicted molar refractivity (Wildman–Crippen MR) is 80.9 cm³/mol. The third-order valence-electron chi connectivity index (χ3n) is 2.97. The van der Waals surface area contributed by atoms with Crippen molar-refractivity contribution in [1.29, 1.82) is 0 Å². The molecule has 1 N–H and O–H groups in total. The van der Waals surface area contributed by atoms with E-state index >= 15 is 0 Å². The molecule has 0 aliphatic carbocycles. The van der Waals surface area contributed by atoms with Crippen molar-refractivity contribution in [3.63, 3.8) is 0 Å². The zero-order valence-electron chi connectivity index (χ0n) is 12.4. The van der Waals surface area contributed by atoms with Crippen LogP contribution in [0.1, 0.15) is 23.8 Å². The average Bonchev–Trinajstić information content (AvgIpc) is 2.81. The van der Waals surface area contributed by atoms with Gasteiger partial charge in [0.15, 0.2) is 11.9 Å². The molecular formula is C15H17ClN2O3. The van der Waals surface area contributed by atoms with E-state index in [-0.39, 0.29) is 5.91 Å². The first-order valence-corrected chi connectivity index (χ1v) is 6.92. The van der Waals surface area contributed by atoms with Crippen LogP contribution in [0.2, 0.25) is 5.02 Å². The molecule has 1 aromatic heterocycles. The van der Waals surface area contributed by atoms with Crippen LogP contribution in [0.25, 0.3) is 0 Å². The summed E-state index contributed by atoms with van der Waals surface area (Å²) >= 11 is 6.10. The van der Waals surface area contributed by atoms with Gasteiger partial charge in [-0.3, -0.25) is 4.79 Å².